The van der Waals surface area contributed by atoms with Crippen LogP contribution in [0.5, 0.6) is 0 Å². The molecule has 1 rings (SSSR count). The molecule has 0 aliphatic carbocycles. The second-order valence-electron chi connectivity index (χ2n) is 3.93. The second kappa shape index (κ2) is 7.30. The average molecular weight is 208 g/mol. The van der Waals surface area contributed by atoms with Crippen molar-refractivity contribution in [2.24, 2.45) is 0 Å². The van der Waals surface area contributed by atoms with E-state index in [1.165, 1.54) is 0 Å². The van der Waals surface area contributed by atoms with Crippen molar-refractivity contribution in [2.75, 3.05) is 26.2 Å². The molecule has 1 aliphatic rings. The number of unbranched alkanes of at least 4 members (excludes halogenated alkanes) is 2. The average Bonchev–Trinajstić information content (AvgIpc) is 2.76. The number of nitrogens with zero attached hydrogens (tertiary/aromatic N) is 1. The van der Waals surface area contributed by atoms with E-state index in [-0.39, 0.29) is 5.91 Å². The van der Waals surface area contributed by atoms with Crippen molar-refractivity contribution in [3.05, 3.63) is 0 Å². The zero-order valence-electron chi connectivity index (χ0n) is 9.30. The third-order valence-corrected chi connectivity index (χ3v) is 2.66. The number of carbonyl (C=O) groups excluding carboxylic acids is 1. The molecule has 1 fully saturated rings. The van der Waals surface area contributed by atoms with E-state index < -0.39 is 0 Å². The molecule has 1 heterocycles. The highest BCUT2D eigenvalue weighted by Gasteiger charge is 2.16. The summed E-state index contributed by atoms with van der Waals surface area (Å²) < 4.78 is 0. The molecule has 1 saturated heterocycles. The van der Waals surface area contributed by atoms with E-state index in [0.717, 1.165) is 51.7 Å². The molecule has 0 aromatic heterocycles. The summed E-state index contributed by atoms with van der Waals surface area (Å²) in [6.07, 6.45) is 10.4. The molecule has 1 amide bonds. The Morgan fingerprint density at radius 1 is 1.33 bits per heavy atom. The lowest BCUT2D eigenvalue weighted by Crippen LogP contribution is -2.36. The molecule has 0 aromatic rings. The van der Waals surface area contributed by atoms with Gasteiger partial charge >= 0.3 is 0 Å². The maximum Gasteiger partial charge on any atom is 0.236 e. The Morgan fingerprint density at radius 2 is 2.07 bits per heavy atom. The van der Waals surface area contributed by atoms with Crippen LogP contribution in [0.1, 0.15) is 32.1 Å². The summed E-state index contributed by atoms with van der Waals surface area (Å²) >= 11 is 0. The molecule has 0 saturated carbocycles. The lowest BCUT2D eigenvalue weighted by Gasteiger charge is -2.15. The normalized spacial score (nSPS) is 15.3. The molecule has 15 heavy (non-hydrogen) atoms. The zero-order chi connectivity index (χ0) is 10.9. The fourth-order valence-electron chi connectivity index (χ4n) is 1.75. The van der Waals surface area contributed by atoms with Gasteiger partial charge in [-0.05, 0) is 32.2 Å². The number of terminal acetylenes is 1. The van der Waals surface area contributed by atoms with Crippen LogP contribution < -0.4 is 5.32 Å². The molecular formula is C12H20N2O. The van der Waals surface area contributed by atoms with Crippen LogP contribution in [0, 0.1) is 12.3 Å². The fraction of sp³-hybridized carbons (Fsp3) is 0.750. The zero-order valence-corrected chi connectivity index (χ0v) is 9.30. The Bertz CT molecular complexity index is 226. The van der Waals surface area contributed by atoms with E-state index in [0.29, 0.717) is 6.54 Å². The fourth-order valence-corrected chi connectivity index (χ4v) is 1.75. The monoisotopic (exact) mass is 208 g/mol. The first-order valence-corrected chi connectivity index (χ1v) is 5.76. The van der Waals surface area contributed by atoms with E-state index in [9.17, 15) is 4.79 Å². The van der Waals surface area contributed by atoms with Crippen molar-refractivity contribution in [3.8, 4) is 12.3 Å². The van der Waals surface area contributed by atoms with E-state index in [1.807, 2.05) is 4.90 Å². The molecule has 0 atom stereocenters. The molecule has 1 aliphatic heterocycles. The Hall–Kier alpha value is -1.01. The van der Waals surface area contributed by atoms with E-state index in [4.69, 9.17) is 6.42 Å². The van der Waals surface area contributed by atoms with Crippen LogP contribution in [0.15, 0.2) is 0 Å². The SMILES string of the molecule is C#CCCCCNCC(=O)N1CCCC1. The van der Waals surface area contributed by atoms with Gasteiger partial charge in [-0.3, -0.25) is 4.79 Å². The van der Waals surface area contributed by atoms with E-state index >= 15 is 0 Å². The van der Waals surface area contributed by atoms with Crippen LogP contribution in [-0.2, 0) is 4.79 Å². The predicted molar refractivity (Wildman–Crippen MR) is 61.4 cm³/mol. The lowest BCUT2D eigenvalue weighted by atomic mass is 10.2. The summed E-state index contributed by atoms with van der Waals surface area (Å²) in [7, 11) is 0. The van der Waals surface area contributed by atoms with Gasteiger partial charge in [0, 0.05) is 19.5 Å². The summed E-state index contributed by atoms with van der Waals surface area (Å²) in [5.74, 6) is 2.85. The van der Waals surface area contributed by atoms with Gasteiger partial charge < -0.3 is 10.2 Å². The quantitative estimate of drug-likeness (QED) is 0.522. The smallest absolute Gasteiger partial charge is 0.236 e. The maximum absolute atomic E-state index is 11.6. The van der Waals surface area contributed by atoms with Crippen molar-refractivity contribution >= 4 is 5.91 Å². The van der Waals surface area contributed by atoms with Crippen LogP contribution >= 0.6 is 0 Å². The highest BCUT2D eigenvalue weighted by molar-refractivity contribution is 5.78. The van der Waals surface area contributed by atoms with Gasteiger partial charge in [-0.1, -0.05) is 0 Å². The van der Waals surface area contributed by atoms with Gasteiger partial charge in [-0.15, -0.1) is 12.3 Å². The molecule has 84 valence electrons. The van der Waals surface area contributed by atoms with E-state index in [2.05, 4.69) is 11.2 Å². The van der Waals surface area contributed by atoms with Gasteiger partial charge in [-0.25, -0.2) is 0 Å². The molecule has 0 unspecified atom stereocenters. The summed E-state index contributed by atoms with van der Waals surface area (Å²) in [5, 5.41) is 3.16. The van der Waals surface area contributed by atoms with Crippen LogP contribution in [-0.4, -0.2) is 37.0 Å². The van der Waals surface area contributed by atoms with Gasteiger partial charge in [0.15, 0.2) is 0 Å². The van der Waals surface area contributed by atoms with Crippen molar-refractivity contribution in [1.29, 1.82) is 0 Å². The Labute approximate surface area is 92.2 Å². The Kier molecular flexibility index (Phi) is 5.87. The standard InChI is InChI=1S/C12H20N2O/c1-2-3-4-5-8-13-11-12(15)14-9-6-7-10-14/h1,13H,3-11H2. The maximum atomic E-state index is 11.6. The number of likely N-dealkylation sites (tertiary alicyclic amines) is 1. The molecule has 3 heteroatoms. The van der Waals surface area contributed by atoms with E-state index in [1.54, 1.807) is 0 Å². The first kappa shape index (κ1) is 12.1. The third-order valence-electron chi connectivity index (χ3n) is 2.66. The first-order chi connectivity index (χ1) is 7.34. The predicted octanol–water partition coefficient (Wildman–Crippen LogP) is 1.00. The van der Waals surface area contributed by atoms with Crippen molar-refractivity contribution in [2.45, 2.75) is 32.1 Å². The van der Waals surface area contributed by atoms with Crippen LogP contribution in [0.2, 0.25) is 0 Å². The Balaban J connectivity index is 1.95. The summed E-state index contributed by atoms with van der Waals surface area (Å²) in [6, 6.07) is 0. The van der Waals surface area contributed by atoms with Crippen LogP contribution in [0.25, 0.3) is 0 Å². The molecule has 1 N–H and O–H groups in total. The first-order valence-electron chi connectivity index (χ1n) is 5.76. The Morgan fingerprint density at radius 3 is 2.73 bits per heavy atom. The lowest BCUT2D eigenvalue weighted by molar-refractivity contribution is -0.129. The largest absolute Gasteiger partial charge is 0.342 e. The van der Waals surface area contributed by atoms with Crippen LogP contribution in [0.4, 0.5) is 0 Å². The van der Waals surface area contributed by atoms with Gasteiger partial charge in [0.1, 0.15) is 0 Å². The third kappa shape index (κ3) is 4.85. The molecule has 0 bridgehead atoms. The molecule has 3 nitrogen and oxygen atoms in total. The summed E-state index contributed by atoms with van der Waals surface area (Å²) in [6.45, 7) is 3.26. The number of rotatable bonds is 6. The number of nitrogens with one attached hydrogen (secondary N) is 1. The number of carbonyl (C=O) groups is 1. The van der Waals surface area contributed by atoms with Crippen LogP contribution in [0.3, 0.4) is 0 Å². The van der Waals surface area contributed by atoms with Gasteiger partial charge in [0.2, 0.25) is 5.91 Å². The highest BCUT2D eigenvalue weighted by atomic mass is 16.2. The van der Waals surface area contributed by atoms with Crippen molar-refractivity contribution in [1.82, 2.24) is 10.2 Å². The molecule has 0 aromatic carbocycles. The summed E-state index contributed by atoms with van der Waals surface area (Å²) in [4.78, 5) is 13.5. The summed E-state index contributed by atoms with van der Waals surface area (Å²) in [5.41, 5.74) is 0. The van der Waals surface area contributed by atoms with Gasteiger partial charge in [-0.2, -0.15) is 0 Å². The minimum Gasteiger partial charge on any atom is -0.342 e. The molecular weight excluding hydrogens is 188 g/mol. The molecule has 0 spiro atoms. The molecule has 0 radical (unpaired) electrons. The topological polar surface area (TPSA) is 32.3 Å². The number of hydrogen-bond donors (Lipinski definition) is 1. The van der Waals surface area contributed by atoms with Gasteiger partial charge in [0.05, 0.1) is 6.54 Å². The number of amides is 1. The number of hydrogen-bond acceptors (Lipinski definition) is 2. The van der Waals surface area contributed by atoms with Crippen molar-refractivity contribution in [3.63, 3.8) is 0 Å². The highest BCUT2D eigenvalue weighted by Crippen LogP contribution is 2.06. The van der Waals surface area contributed by atoms with Gasteiger partial charge in [0.25, 0.3) is 0 Å². The van der Waals surface area contributed by atoms with Crippen molar-refractivity contribution < 1.29 is 4.79 Å². The minimum atomic E-state index is 0.240. The minimum absolute atomic E-state index is 0.240. The second-order valence-corrected chi connectivity index (χ2v) is 3.93.